The van der Waals surface area contributed by atoms with E-state index in [-0.39, 0.29) is 5.56 Å². The van der Waals surface area contributed by atoms with Gasteiger partial charge in [-0.3, -0.25) is 25.8 Å². The van der Waals surface area contributed by atoms with Crippen molar-refractivity contribution in [3.8, 4) is 0 Å². The summed E-state index contributed by atoms with van der Waals surface area (Å²) in [4.78, 5) is 45.4. The van der Waals surface area contributed by atoms with Gasteiger partial charge in [0, 0.05) is 12.6 Å². The number of nitrogens with one attached hydrogen (secondary N) is 3. The van der Waals surface area contributed by atoms with Crippen molar-refractivity contribution in [2.75, 3.05) is 11.9 Å². The van der Waals surface area contributed by atoms with Gasteiger partial charge in [0.1, 0.15) is 5.60 Å². The lowest BCUT2D eigenvalue weighted by atomic mass is 10.2. The predicted octanol–water partition coefficient (Wildman–Crippen LogP) is 1.36. The Morgan fingerprint density at radius 2 is 1.60 bits per heavy atom. The molecule has 1 rings (SSSR count). The summed E-state index contributed by atoms with van der Waals surface area (Å²) in [7, 11) is 0. The predicted molar refractivity (Wildman–Crippen MR) is 88.5 cm³/mol. The van der Waals surface area contributed by atoms with Crippen molar-refractivity contribution in [1.82, 2.24) is 10.9 Å². The van der Waals surface area contributed by atoms with Crippen LogP contribution in [0, 0.1) is 0 Å². The molecule has 0 saturated heterocycles. The first-order chi connectivity index (χ1) is 11.6. The van der Waals surface area contributed by atoms with Gasteiger partial charge in [-0.1, -0.05) is 0 Å². The lowest BCUT2D eigenvalue weighted by Gasteiger charge is -2.19. The third-order valence-electron chi connectivity index (χ3n) is 2.48. The summed E-state index contributed by atoms with van der Waals surface area (Å²) >= 11 is 0. The quantitative estimate of drug-likeness (QED) is 0.556. The van der Waals surface area contributed by atoms with E-state index in [1.807, 2.05) is 0 Å². The Labute approximate surface area is 145 Å². The summed E-state index contributed by atoms with van der Waals surface area (Å²) in [5.74, 6) is -1.85. The molecule has 0 aromatic heterocycles. The fourth-order valence-corrected chi connectivity index (χ4v) is 1.52. The van der Waals surface area contributed by atoms with Gasteiger partial charge in [0.2, 0.25) is 5.91 Å². The van der Waals surface area contributed by atoms with E-state index in [0.29, 0.717) is 5.69 Å². The number of esters is 1. The third-order valence-corrected chi connectivity index (χ3v) is 2.48. The number of hydrogen-bond acceptors (Lipinski definition) is 6. The summed E-state index contributed by atoms with van der Waals surface area (Å²) in [6, 6.07) is 5.86. The molecule has 9 nitrogen and oxygen atoms in total. The van der Waals surface area contributed by atoms with Crippen LogP contribution in [0.1, 0.15) is 38.1 Å². The van der Waals surface area contributed by atoms with Crippen LogP contribution < -0.4 is 16.2 Å². The van der Waals surface area contributed by atoms with Crippen molar-refractivity contribution in [2.24, 2.45) is 0 Å². The minimum Gasteiger partial charge on any atom is -0.452 e. The molecule has 0 spiro atoms. The van der Waals surface area contributed by atoms with Crippen molar-refractivity contribution in [3.05, 3.63) is 29.8 Å². The first-order valence-corrected chi connectivity index (χ1v) is 7.39. The summed E-state index contributed by atoms with van der Waals surface area (Å²) < 4.78 is 9.90. The molecule has 1 aromatic rings. The Bertz CT molecular complexity index is 649. The zero-order chi connectivity index (χ0) is 19.0. The number of carbonyl (C=O) groups excluding carboxylic acids is 4. The van der Waals surface area contributed by atoms with Gasteiger partial charge in [0.15, 0.2) is 6.61 Å². The molecule has 0 aliphatic carbocycles. The average molecular weight is 351 g/mol. The Hall–Kier alpha value is -3.10. The van der Waals surface area contributed by atoms with Crippen molar-refractivity contribution < 1.29 is 28.7 Å². The van der Waals surface area contributed by atoms with Crippen LogP contribution in [0.5, 0.6) is 0 Å². The van der Waals surface area contributed by atoms with Gasteiger partial charge in [-0.25, -0.2) is 9.59 Å². The van der Waals surface area contributed by atoms with E-state index in [1.165, 1.54) is 31.2 Å². The van der Waals surface area contributed by atoms with Gasteiger partial charge in [0.25, 0.3) is 5.91 Å². The van der Waals surface area contributed by atoms with E-state index in [4.69, 9.17) is 9.47 Å². The molecule has 25 heavy (non-hydrogen) atoms. The molecule has 0 aliphatic rings. The van der Waals surface area contributed by atoms with Crippen molar-refractivity contribution in [3.63, 3.8) is 0 Å². The lowest BCUT2D eigenvalue weighted by molar-refractivity contribution is -0.129. The molecule has 3 amide bonds. The second-order valence-electron chi connectivity index (χ2n) is 6.01. The first kappa shape index (κ1) is 19.9. The lowest BCUT2D eigenvalue weighted by Crippen LogP contribution is -2.42. The number of benzene rings is 1. The van der Waals surface area contributed by atoms with E-state index in [1.54, 1.807) is 20.8 Å². The van der Waals surface area contributed by atoms with Crippen LogP contribution in [-0.4, -0.2) is 36.1 Å². The van der Waals surface area contributed by atoms with Crippen LogP contribution in [-0.2, 0) is 19.1 Å². The zero-order valence-electron chi connectivity index (χ0n) is 14.5. The number of carbonyl (C=O) groups is 4. The Morgan fingerprint density at radius 3 is 2.12 bits per heavy atom. The fourth-order valence-electron chi connectivity index (χ4n) is 1.52. The van der Waals surface area contributed by atoms with Gasteiger partial charge in [-0.05, 0) is 45.0 Å². The molecule has 3 N–H and O–H groups in total. The summed E-state index contributed by atoms with van der Waals surface area (Å²) in [5, 5.41) is 2.52. The highest BCUT2D eigenvalue weighted by molar-refractivity contribution is 5.92. The number of rotatable bonds is 4. The molecule has 0 bridgehead atoms. The molecule has 9 heteroatoms. The normalized spacial score (nSPS) is 10.4. The molecular formula is C16H21N3O6. The molecule has 0 radical (unpaired) electrons. The highest BCUT2D eigenvalue weighted by Gasteiger charge is 2.16. The van der Waals surface area contributed by atoms with Crippen LogP contribution in [0.15, 0.2) is 24.3 Å². The maximum atomic E-state index is 11.8. The van der Waals surface area contributed by atoms with E-state index >= 15 is 0 Å². The van der Waals surface area contributed by atoms with Gasteiger partial charge in [-0.2, -0.15) is 0 Å². The second kappa shape index (κ2) is 8.67. The van der Waals surface area contributed by atoms with Crippen LogP contribution in [0.25, 0.3) is 0 Å². The SMILES string of the molecule is CC(=O)NNC(=O)COC(=O)c1ccc(NC(=O)OC(C)(C)C)cc1. The number of anilines is 1. The highest BCUT2D eigenvalue weighted by Crippen LogP contribution is 2.13. The van der Waals surface area contributed by atoms with Crippen molar-refractivity contribution >= 4 is 29.6 Å². The maximum Gasteiger partial charge on any atom is 0.412 e. The molecule has 0 heterocycles. The van der Waals surface area contributed by atoms with Crippen LogP contribution >= 0.6 is 0 Å². The maximum absolute atomic E-state index is 11.8. The zero-order valence-corrected chi connectivity index (χ0v) is 14.5. The summed E-state index contributed by atoms with van der Waals surface area (Å²) in [5.41, 5.74) is 4.15. The monoisotopic (exact) mass is 351 g/mol. The van der Waals surface area contributed by atoms with E-state index in [0.717, 1.165) is 0 Å². The Morgan fingerprint density at radius 1 is 1.00 bits per heavy atom. The molecule has 0 unspecified atom stereocenters. The number of hydrogen-bond donors (Lipinski definition) is 3. The minimum absolute atomic E-state index is 0.196. The van der Waals surface area contributed by atoms with Gasteiger partial charge in [-0.15, -0.1) is 0 Å². The Kier molecular flexibility index (Phi) is 6.92. The third kappa shape index (κ3) is 8.35. The summed E-state index contributed by atoms with van der Waals surface area (Å²) in [6.45, 7) is 5.91. The van der Waals surface area contributed by atoms with Crippen LogP contribution in [0.3, 0.4) is 0 Å². The van der Waals surface area contributed by atoms with E-state index < -0.39 is 36.1 Å². The number of hydrazine groups is 1. The molecule has 0 saturated carbocycles. The van der Waals surface area contributed by atoms with Crippen molar-refractivity contribution in [2.45, 2.75) is 33.3 Å². The standard InChI is InChI=1S/C16H21N3O6/c1-10(20)18-19-13(21)9-24-14(22)11-5-7-12(8-6-11)17-15(23)25-16(2,3)4/h5-8H,9H2,1-4H3,(H,17,23)(H,18,20)(H,19,21). The average Bonchev–Trinajstić information content (AvgIpc) is 2.49. The molecule has 1 aromatic carbocycles. The first-order valence-electron chi connectivity index (χ1n) is 7.39. The fraction of sp³-hybridized carbons (Fsp3) is 0.375. The topological polar surface area (TPSA) is 123 Å². The number of amides is 3. The smallest absolute Gasteiger partial charge is 0.412 e. The molecule has 136 valence electrons. The summed E-state index contributed by atoms with van der Waals surface area (Å²) in [6.07, 6.45) is -0.613. The molecule has 0 aliphatic heterocycles. The molecule has 0 fully saturated rings. The van der Waals surface area contributed by atoms with Gasteiger partial charge < -0.3 is 9.47 Å². The van der Waals surface area contributed by atoms with Crippen LogP contribution in [0.4, 0.5) is 10.5 Å². The molecule has 0 atom stereocenters. The van der Waals surface area contributed by atoms with Crippen molar-refractivity contribution in [1.29, 1.82) is 0 Å². The highest BCUT2D eigenvalue weighted by atomic mass is 16.6. The number of ether oxygens (including phenoxy) is 2. The largest absolute Gasteiger partial charge is 0.452 e. The minimum atomic E-state index is -0.721. The molecular weight excluding hydrogens is 330 g/mol. The van der Waals surface area contributed by atoms with Gasteiger partial charge >= 0.3 is 12.1 Å². The van der Waals surface area contributed by atoms with E-state index in [9.17, 15) is 19.2 Å². The van der Waals surface area contributed by atoms with Gasteiger partial charge in [0.05, 0.1) is 5.56 Å². The van der Waals surface area contributed by atoms with E-state index in [2.05, 4.69) is 16.2 Å². The Balaban J connectivity index is 2.50. The second-order valence-corrected chi connectivity index (χ2v) is 6.01. The van der Waals surface area contributed by atoms with Crippen LogP contribution in [0.2, 0.25) is 0 Å².